The number of nitrogens with zero attached hydrogens (tertiary/aromatic N) is 1. The predicted octanol–water partition coefficient (Wildman–Crippen LogP) is 4.01. The summed E-state index contributed by atoms with van der Waals surface area (Å²) in [4.78, 5) is -0.346. The number of hydrogen-bond acceptors (Lipinski definition) is 3. The highest BCUT2D eigenvalue weighted by molar-refractivity contribution is 7.89. The Labute approximate surface area is 145 Å². The summed E-state index contributed by atoms with van der Waals surface area (Å²) in [5.41, 5.74) is 0.838. The lowest BCUT2D eigenvalue weighted by Gasteiger charge is -2.25. The highest BCUT2D eigenvalue weighted by atomic mass is 35.5. The summed E-state index contributed by atoms with van der Waals surface area (Å²) < 4.78 is 46.5. The summed E-state index contributed by atoms with van der Waals surface area (Å²) in [6, 6.07) is 10.6. The van der Waals surface area contributed by atoms with Crippen molar-refractivity contribution in [1.82, 2.24) is 4.31 Å². The molecule has 0 bridgehead atoms. The zero-order valence-electron chi connectivity index (χ0n) is 13.1. The summed E-state index contributed by atoms with van der Waals surface area (Å²) >= 11 is 5.72. The van der Waals surface area contributed by atoms with Crippen LogP contribution in [0.5, 0.6) is 5.75 Å². The molecule has 0 radical (unpaired) electrons. The molecule has 1 aliphatic rings. The van der Waals surface area contributed by atoms with Crippen molar-refractivity contribution >= 4 is 21.6 Å². The molecular formula is C17H17ClFNO3S. The minimum absolute atomic E-state index is 0.164. The van der Waals surface area contributed by atoms with Crippen molar-refractivity contribution in [2.45, 2.75) is 23.8 Å². The summed E-state index contributed by atoms with van der Waals surface area (Å²) in [6.45, 7) is 0.353. The number of ether oxygens (including phenoxy) is 1. The summed E-state index contributed by atoms with van der Waals surface area (Å²) in [5, 5.41) is 0.164. The van der Waals surface area contributed by atoms with E-state index in [1.807, 2.05) is 18.2 Å². The van der Waals surface area contributed by atoms with Gasteiger partial charge in [-0.05, 0) is 48.7 Å². The number of hydrogen-bond donors (Lipinski definition) is 0. The van der Waals surface area contributed by atoms with Gasteiger partial charge in [-0.2, -0.15) is 4.31 Å². The van der Waals surface area contributed by atoms with Gasteiger partial charge >= 0.3 is 0 Å². The molecule has 24 heavy (non-hydrogen) atoms. The van der Waals surface area contributed by atoms with Crippen molar-refractivity contribution in [3.8, 4) is 5.75 Å². The Balaban J connectivity index is 2.00. The van der Waals surface area contributed by atoms with E-state index in [1.54, 1.807) is 13.2 Å². The van der Waals surface area contributed by atoms with Crippen LogP contribution >= 0.6 is 11.6 Å². The van der Waals surface area contributed by atoms with E-state index in [0.29, 0.717) is 18.7 Å². The fraction of sp³-hybridized carbons (Fsp3) is 0.294. The van der Waals surface area contributed by atoms with Gasteiger partial charge in [0.15, 0.2) is 0 Å². The molecule has 1 aliphatic heterocycles. The number of methoxy groups -OCH3 is 1. The fourth-order valence-corrected chi connectivity index (χ4v) is 4.91. The van der Waals surface area contributed by atoms with Gasteiger partial charge in [0.05, 0.1) is 13.2 Å². The number of rotatable bonds is 4. The van der Waals surface area contributed by atoms with E-state index in [4.69, 9.17) is 16.3 Å². The lowest BCUT2D eigenvalue weighted by molar-refractivity contribution is 0.388. The molecule has 128 valence electrons. The lowest BCUT2D eigenvalue weighted by atomic mass is 10.1. The molecular weight excluding hydrogens is 353 g/mol. The zero-order valence-corrected chi connectivity index (χ0v) is 14.6. The van der Waals surface area contributed by atoms with Crippen LogP contribution in [0.1, 0.15) is 24.4 Å². The summed E-state index contributed by atoms with van der Waals surface area (Å²) in [5.74, 6) is -0.173. The van der Waals surface area contributed by atoms with Gasteiger partial charge in [-0.25, -0.2) is 12.8 Å². The van der Waals surface area contributed by atoms with Crippen LogP contribution in [-0.2, 0) is 10.0 Å². The van der Waals surface area contributed by atoms with Gasteiger partial charge in [0.25, 0.3) is 0 Å². The molecule has 3 rings (SSSR count). The average Bonchev–Trinajstić information content (AvgIpc) is 3.05. The second-order valence-corrected chi connectivity index (χ2v) is 7.92. The van der Waals surface area contributed by atoms with E-state index in [0.717, 1.165) is 18.1 Å². The molecule has 0 spiro atoms. The van der Waals surface area contributed by atoms with Gasteiger partial charge in [0.2, 0.25) is 10.0 Å². The SMILES string of the molecule is COc1cccc(C2CCCN2S(=O)(=O)c2ccc(Cl)cc2F)c1. The van der Waals surface area contributed by atoms with Crippen LogP contribution in [-0.4, -0.2) is 26.4 Å². The molecule has 1 unspecified atom stereocenters. The first-order valence-corrected chi connectivity index (χ1v) is 9.36. The Morgan fingerprint density at radius 1 is 1.25 bits per heavy atom. The Morgan fingerprint density at radius 3 is 2.75 bits per heavy atom. The van der Waals surface area contributed by atoms with Crippen LogP contribution < -0.4 is 4.74 Å². The maximum atomic E-state index is 14.1. The van der Waals surface area contributed by atoms with Crippen LogP contribution in [0.3, 0.4) is 0 Å². The summed E-state index contributed by atoms with van der Waals surface area (Å²) in [7, 11) is -2.38. The molecule has 0 saturated carbocycles. The van der Waals surface area contributed by atoms with Crippen LogP contribution in [0.15, 0.2) is 47.4 Å². The Kier molecular flexibility index (Phi) is 4.80. The average molecular weight is 370 g/mol. The second-order valence-electron chi connectivity index (χ2n) is 5.63. The third kappa shape index (κ3) is 3.14. The predicted molar refractivity (Wildman–Crippen MR) is 90.3 cm³/mol. The molecule has 0 N–H and O–H groups in total. The van der Waals surface area contributed by atoms with E-state index < -0.39 is 15.8 Å². The van der Waals surface area contributed by atoms with Crippen LogP contribution in [0.2, 0.25) is 5.02 Å². The van der Waals surface area contributed by atoms with E-state index in [-0.39, 0.29) is 16.0 Å². The third-order valence-electron chi connectivity index (χ3n) is 4.16. The van der Waals surface area contributed by atoms with Crippen molar-refractivity contribution in [3.05, 3.63) is 58.9 Å². The molecule has 1 heterocycles. The van der Waals surface area contributed by atoms with Gasteiger partial charge < -0.3 is 4.74 Å². The zero-order chi connectivity index (χ0) is 17.3. The molecule has 1 fully saturated rings. The van der Waals surface area contributed by atoms with E-state index >= 15 is 0 Å². The molecule has 0 aliphatic carbocycles. The topological polar surface area (TPSA) is 46.6 Å². The molecule has 7 heteroatoms. The molecule has 1 atom stereocenters. The van der Waals surface area contributed by atoms with Gasteiger partial charge in [-0.15, -0.1) is 0 Å². The Bertz CT molecular complexity index is 857. The molecule has 2 aromatic rings. The number of halogens is 2. The van der Waals surface area contributed by atoms with E-state index in [2.05, 4.69) is 0 Å². The fourth-order valence-electron chi connectivity index (χ4n) is 3.02. The van der Waals surface area contributed by atoms with Gasteiger partial charge in [-0.1, -0.05) is 23.7 Å². The molecule has 4 nitrogen and oxygen atoms in total. The van der Waals surface area contributed by atoms with Gasteiger partial charge in [-0.3, -0.25) is 0 Å². The minimum Gasteiger partial charge on any atom is -0.497 e. The maximum absolute atomic E-state index is 14.1. The highest BCUT2D eigenvalue weighted by Crippen LogP contribution is 2.38. The number of benzene rings is 2. The third-order valence-corrected chi connectivity index (χ3v) is 6.34. The van der Waals surface area contributed by atoms with Crippen molar-refractivity contribution in [2.75, 3.05) is 13.7 Å². The van der Waals surface area contributed by atoms with Gasteiger partial charge in [0, 0.05) is 11.6 Å². The van der Waals surface area contributed by atoms with Crippen molar-refractivity contribution < 1.29 is 17.5 Å². The second kappa shape index (κ2) is 6.70. The first-order valence-electron chi connectivity index (χ1n) is 7.54. The normalized spacial score (nSPS) is 18.7. The largest absolute Gasteiger partial charge is 0.497 e. The Morgan fingerprint density at radius 2 is 2.04 bits per heavy atom. The smallest absolute Gasteiger partial charge is 0.246 e. The van der Waals surface area contributed by atoms with Crippen molar-refractivity contribution in [3.63, 3.8) is 0 Å². The minimum atomic E-state index is -3.94. The molecule has 0 aromatic heterocycles. The maximum Gasteiger partial charge on any atom is 0.246 e. The number of sulfonamides is 1. The van der Waals surface area contributed by atoms with E-state index in [9.17, 15) is 12.8 Å². The van der Waals surface area contributed by atoms with Crippen molar-refractivity contribution in [1.29, 1.82) is 0 Å². The standard InChI is InChI=1S/C17H17ClFNO3S/c1-23-14-5-2-4-12(10-14)16-6-3-9-20(16)24(21,22)17-8-7-13(18)11-15(17)19/h2,4-5,7-8,10-11,16H,3,6,9H2,1H3. The monoisotopic (exact) mass is 369 g/mol. The first kappa shape index (κ1) is 17.2. The summed E-state index contributed by atoms with van der Waals surface area (Å²) in [6.07, 6.45) is 1.40. The molecule has 2 aromatic carbocycles. The first-order chi connectivity index (χ1) is 11.4. The molecule has 0 amide bonds. The van der Waals surface area contributed by atoms with Crippen LogP contribution in [0.4, 0.5) is 4.39 Å². The molecule has 1 saturated heterocycles. The van der Waals surface area contributed by atoms with Crippen molar-refractivity contribution in [2.24, 2.45) is 0 Å². The van der Waals surface area contributed by atoms with E-state index in [1.165, 1.54) is 16.4 Å². The Hall–Kier alpha value is -1.63. The lowest BCUT2D eigenvalue weighted by Crippen LogP contribution is -2.31. The van der Waals surface area contributed by atoms with Crippen LogP contribution in [0, 0.1) is 5.82 Å². The van der Waals surface area contributed by atoms with Crippen LogP contribution in [0.25, 0.3) is 0 Å². The quantitative estimate of drug-likeness (QED) is 0.817. The van der Waals surface area contributed by atoms with Gasteiger partial charge in [0.1, 0.15) is 16.5 Å². The highest BCUT2D eigenvalue weighted by Gasteiger charge is 2.37.